The number of ketones is 1. The minimum atomic E-state index is -0.737. The predicted molar refractivity (Wildman–Crippen MR) is 350 cm³/mol. The van der Waals surface area contributed by atoms with Crippen LogP contribution in [-0.2, 0) is 4.79 Å². The van der Waals surface area contributed by atoms with E-state index in [1.54, 1.807) is 12.1 Å². The fourth-order valence-corrected chi connectivity index (χ4v) is 12.5. The molecule has 4 saturated heterocycles. The second kappa shape index (κ2) is 31.4. The van der Waals surface area contributed by atoms with E-state index in [0.717, 1.165) is 39.3 Å². The number of carbonyl (C=O) groups excluding carboxylic acids is 3. The van der Waals surface area contributed by atoms with Gasteiger partial charge in [0, 0.05) is 102 Å². The molecular formula is C70H83BrClN9O4. The van der Waals surface area contributed by atoms with Crippen molar-refractivity contribution in [3.63, 3.8) is 0 Å². The summed E-state index contributed by atoms with van der Waals surface area (Å²) in [6.45, 7) is 15.3. The molecule has 4 fully saturated rings. The number of alkyl halides is 1. The lowest BCUT2D eigenvalue weighted by Crippen LogP contribution is -2.54. The van der Waals surface area contributed by atoms with Crippen molar-refractivity contribution in [3.05, 3.63) is 250 Å². The molecule has 4 aliphatic rings. The van der Waals surface area contributed by atoms with Crippen LogP contribution in [0, 0.1) is 0 Å². The van der Waals surface area contributed by atoms with Crippen LogP contribution >= 0.6 is 27.5 Å². The van der Waals surface area contributed by atoms with E-state index in [1.165, 1.54) is 49.2 Å². The highest BCUT2D eigenvalue weighted by atomic mass is 79.9. The third-order valence-corrected chi connectivity index (χ3v) is 17.4. The largest absolute Gasteiger partial charge is 0.391 e. The first-order valence-corrected chi connectivity index (χ1v) is 30.7. The number of aliphatic hydroxyl groups is 1. The van der Waals surface area contributed by atoms with Gasteiger partial charge < -0.3 is 36.7 Å². The van der Waals surface area contributed by atoms with Gasteiger partial charge in [0.25, 0.3) is 17.6 Å². The number of nitrogens with two attached hydrogens (primary N) is 1. The maximum Gasteiger partial charge on any atom is 0.295 e. The lowest BCUT2D eigenvalue weighted by atomic mass is 9.95. The van der Waals surface area contributed by atoms with E-state index in [1.807, 2.05) is 60.4 Å². The molecule has 2 amide bonds. The second-order valence-corrected chi connectivity index (χ2v) is 23.5. The highest BCUT2D eigenvalue weighted by molar-refractivity contribution is 9.09. The van der Waals surface area contributed by atoms with Crippen LogP contribution in [0.1, 0.15) is 106 Å². The zero-order valence-corrected chi connectivity index (χ0v) is 50.7. The summed E-state index contributed by atoms with van der Waals surface area (Å²) in [4.78, 5) is 48.6. The van der Waals surface area contributed by atoms with Gasteiger partial charge in [0.15, 0.2) is 0 Å². The van der Waals surface area contributed by atoms with Gasteiger partial charge in [-0.25, -0.2) is 0 Å². The Hall–Kier alpha value is -6.98. The number of benzene rings is 7. The highest BCUT2D eigenvalue weighted by Crippen LogP contribution is 2.35. The molecule has 446 valence electrons. The molecule has 15 heteroatoms. The third kappa shape index (κ3) is 16.7. The standard InChI is InChI=1S/C33H34ClN5O4.C18H22N2.C13H11Br.C5H12N2.CH4/c1-21-18-36(30(22-8-4-2-5-9-22)23-10-6-3-7-11-23)14-15-38(21)32(42)26-16-25-27(20-39(35)29(25)17-28(26)34)31(41)33(43)37-13-12-24(40)19-37;1-15-14-20(13-12-19-15)18(16-8-4-2-5-9-16)17-10-6-3-7-11-17;14-13(11-7-3-1-4-8-11)12-9-5-2-6-10-12;1-5-4-6-2-3-7-5;/h2-11,16-17,20-21,24,30,40H,12-15,18-19,35H2,1H3;2-11,15,18-19H,12-14H2,1H3;1-10,13H;5-7H,2-4H2,1H3;1H4/t21-,24-;15-;;5-;/m11.1./s1. The number of likely N-dealkylation sites (tertiary alicyclic amines) is 1. The maximum atomic E-state index is 14.0. The van der Waals surface area contributed by atoms with E-state index < -0.39 is 17.8 Å². The van der Waals surface area contributed by atoms with Gasteiger partial charge in [0.2, 0.25) is 0 Å². The van der Waals surface area contributed by atoms with E-state index in [-0.39, 0.29) is 48.1 Å². The SMILES string of the molecule is BrC(c1ccccc1)c1ccccc1.C.C[C@@H]1CN(C(c2ccccc2)c2ccccc2)CCN1.C[C@@H]1CN(C(c2ccccc2)c2ccccc2)CCN1C(=O)c1cc2c(C(=O)C(=O)N3CC[C@@H](O)C3)cn(N)c2cc1Cl.C[C@@H]1CNCCN1. The number of fused-ring (bicyclic) bond motifs is 1. The summed E-state index contributed by atoms with van der Waals surface area (Å²) >= 11 is 10.3. The molecule has 4 atom stereocenters. The minimum Gasteiger partial charge on any atom is -0.391 e. The summed E-state index contributed by atoms with van der Waals surface area (Å²) in [6.07, 6.45) is 1.17. The van der Waals surface area contributed by atoms with Gasteiger partial charge in [-0.05, 0) is 72.7 Å². The Morgan fingerprint density at radius 3 is 1.46 bits per heavy atom. The molecule has 6 N–H and O–H groups in total. The molecule has 5 heterocycles. The normalized spacial score (nSPS) is 19.0. The molecule has 1 aromatic heterocycles. The van der Waals surface area contributed by atoms with E-state index in [9.17, 15) is 19.5 Å². The zero-order valence-electron chi connectivity index (χ0n) is 48.3. The molecule has 0 saturated carbocycles. The highest BCUT2D eigenvalue weighted by Gasteiger charge is 2.36. The van der Waals surface area contributed by atoms with E-state index in [0.29, 0.717) is 66.5 Å². The van der Waals surface area contributed by atoms with Gasteiger partial charge in [0.05, 0.1) is 44.7 Å². The number of amides is 2. The Labute approximate surface area is 516 Å². The van der Waals surface area contributed by atoms with Gasteiger partial charge in [-0.2, -0.15) is 0 Å². The van der Waals surface area contributed by atoms with Crippen molar-refractivity contribution >= 4 is 56.0 Å². The van der Waals surface area contributed by atoms with Crippen LogP contribution in [0.4, 0.5) is 0 Å². The van der Waals surface area contributed by atoms with Gasteiger partial charge in [-0.1, -0.05) is 217 Å². The molecule has 4 aliphatic heterocycles. The third-order valence-electron chi connectivity index (χ3n) is 16.0. The molecule has 0 aliphatic carbocycles. The fourth-order valence-electron chi connectivity index (χ4n) is 11.7. The smallest absolute Gasteiger partial charge is 0.295 e. The number of hydrogen-bond donors (Lipinski definition) is 5. The van der Waals surface area contributed by atoms with Crippen LogP contribution in [0.3, 0.4) is 0 Å². The summed E-state index contributed by atoms with van der Waals surface area (Å²) in [5.41, 5.74) is 8.51. The van der Waals surface area contributed by atoms with Crippen molar-refractivity contribution in [2.75, 3.05) is 77.8 Å². The van der Waals surface area contributed by atoms with Crippen molar-refractivity contribution in [2.45, 2.75) is 75.8 Å². The summed E-state index contributed by atoms with van der Waals surface area (Å²) < 4.78 is 1.24. The molecule has 0 spiro atoms. The summed E-state index contributed by atoms with van der Waals surface area (Å²) in [5, 5.41) is 20.5. The molecule has 0 radical (unpaired) electrons. The number of piperazine rings is 3. The molecule has 8 aromatic rings. The van der Waals surface area contributed by atoms with Crippen molar-refractivity contribution in [1.82, 2.24) is 40.2 Å². The van der Waals surface area contributed by atoms with E-state index in [2.05, 4.69) is 189 Å². The average molecular weight is 1230 g/mol. The monoisotopic (exact) mass is 1230 g/mol. The molecule has 12 rings (SSSR count). The number of nitrogens with zero attached hydrogens (tertiary/aromatic N) is 5. The molecule has 0 unspecified atom stereocenters. The number of aromatic nitrogens is 1. The first kappa shape index (κ1) is 64.0. The molecular weight excluding hydrogens is 1150 g/mol. The lowest BCUT2D eigenvalue weighted by Gasteiger charge is -2.43. The first-order valence-electron chi connectivity index (χ1n) is 29.4. The van der Waals surface area contributed by atoms with E-state index in [4.69, 9.17) is 17.4 Å². The van der Waals surface area contributed by atoms with Crippen LogP contribution in [-0.4, -0.2) is 143 Å². The first-order chi connectivity index (χ1) is 40.8. The van der Waals surface area contributed by atoms with Gasteiger partial charge >= 0.3 is 0 Å². The molecule has 85 heavy (non-hydrogen) atoms. The second-order valence-electron chi connectivity index (χ2n) is 22.2. The quantitative estimate of drug-likeness (QED) is 0.0366. The predicted octanol–water partition coefficient (Wildman–Crippen LogP) is 11.2. The van der Waals surface area contributed by atoms with Crippen LogP contribution in [0.2, 0.25) is 5.02 Å². The minimum absolute atomic E-state index is 0. The van der Waals surface area contributed by atoms with Crippen molar-refractivity contribution < 1.29 is 19.5 Å². The fraction of sp³-hybridized carbons (Fsp3) is 0.329. The Balaban J connectivity index is 0.000000182. The van der Waals surface area contributed by atoms with Crippen molar-refractivity contribution in [1.29, 1.82) is 0 Å². The Bertz CT molecular complexity index is 3220. The van der Waals surface area contributed by atoms with Crippen LogP contribution in [0.25, 0.3) is 10.9 Å². The topological polar surface area (TPSA) is 151 Å². The lowest BCUT2D eigenvalue weighted by molar-refractivity contribution is -0.125. The van der Waals surface area contributed by atoms with Crippen molar-refractivity contribution in [2.24, 2.45) is 0 Å². The van der Waals surface area contributed by atoms with Gasteiger partial charge in [-0.15, -0.1) is 0 Å². The van der Waals surface area contributed by atoms with Gasteiger partial charge in [0.1, 0.15) is 0 Å². The summed E-state index contributed by atoms with van der Waals surface area (Å²) in [7, 11) is 0. The molecule has 7 aromatic carbocycles. The number of Topliss-reactive ketones (excluding diaryl/α,β-unsaturated/α-hetero) is 1. The number of aliphatic hydroxyl groups excluding tert-OH is 1. The van der Waals surface area contributed by atoms with Crippen LogP contribution in [0.15, 0.2) is 200 Å². The average Bonchev–Trinajstić information content (AvgIpc) is 4.08. The summed E-state index contributed by atoms with van der Waals surface area (Å²) in [6, 6.07) is 67.9. The Morgan fingerprint density at radius 2 is 1.05 bits per heavy atom. The summed E-state index contributed by atoms with van der Waals surface area (Å²) in [5.74, 6) is 4.44. The van der Waals surface area contributed by atoms with Gasteiger partial charge in [-0.3, -0.25) is 28.9 Å². The Morgan fingerprint density at radius 1 is 0.576 bits per heavy atom. The van der Waals surface area contributed by atoms with Crippen LogP contribution in [0.5, 0.6) is 0 Å². The molecule has 13 nitrogen and oxygen atoms in total. The van der Waals surface area contributed by atoms with E-state index >= 15 is 0 Å². The van der Waals surface area contributed by atoms with Crippen molar-refractivity contribution in [3.8, 4) is 0 Å². The maximum absolute atomic E-state index is 14.0. The zero-order chi connectivity index (χ0) is 59.0. The van der Waals surface area contributed by atoms with Crippen LogP contribution < -0.4 is 21.8 Å². The number of hydrogen-bond acceptors (Lipinski definition) is 10. The Kier molecular flexibility index (Phi) is 23.7. The molecule has 0 bridgehead atoms. The number of carbonyl (C=O) groups is 3. The number of halogens is 2. The number of nitrogens with one attached hydrogen (secondary N) is 3. The number of β-amino-alcohol motifs (C(OH)–C–C–N with tert-alkyl or cyclic N) is 1. The number of rotatable bonds is 11. The number of nitrogen functional groups attached to an aromatic ring is 1.